The maximum absolute atomic E-state index is 11.7. The lowest BCUT2D eigenvalue weighted by Crippen LogP contribution is -2.37. The summed E-state index contributed by atoms with van der Waals surface area (Å²) in [5, 5.41) is 9.41. The van der Waals surface area contributed by atoms with E-state index < -0.39 is 0 Å². The molecule has 27 heavy (non-hydrogen) atoms. The zero-order valence-electron chi connectivity index (χ0n) is 15.9. The van der Waals surface area contributed by atoms with Crippen molar-refractivity contribution in [1.29, 1.82) is 0 Å². The van der Waals surface area contributed by atoms with E-state index in [4.69, 9.17) is 4.42 Å². The van der Waals surface area contributed by atoms with E-state index in [2.05, 4.69) is 25.9 Å². The normalized spacial score (nSPS) is 14.1. The molecule has 1 aromatic heterocycles. The summed E-state index contributed by atoms with van der Waals surface area (Å²) in [6.45, 7) is 3.25. The standard InChI is InChI=1S/C20H27N5O2/c1-14-5-7-15(8-6-14)19-25-17(13-27-19)12-23-20(21-2)22-11-3-4-18(26)24-16-9-10-16/h5-8,13,16H,3-4,9-12H2,1-2H3,(H,24,26)(H2,21,22,23). The third-order valence-electron chi connectivity index (χ3n) is 4.33. The maximum Gasteiger partial charge on any atom is 0.226 e. The number of oxazole rings is 1. The lowest BCUT2D eigenvalue weighted by Gasteiger charge is -2.10. The highest BCUT2D eigenvalue weighted by Crippen LogP contribution is 2.19. The molecule has 0 saturated heterocycles. The second kappa shape index (κ2) is 9.21. The molecule has 1 amide bonds. The van der Waals surface area contributed by atoms with Gasteiger partial charge in [0.2, 0.25) is 11.8 Å². The van der Waals surface area contributed by atoms with Crippen molar-refractivity contribution in [2.24, 2.45) is 4.99 Å². The fourth-order valence-electron chi connectivity index (χ4n) is 2.60. The quantitative estimate of drug-likeness (QED) is 0.377. The minimum Gasteiger partial charge on any atom is -0.444 e. The summed E-state index contributed by atoms with van der Waals surface area (Å²) < 4.78 is 5.56. The number of carbonyl (C=O) groups excluding carboxylic acids is 1. The summed E-state index contributed by atoms with van der Waals surface area (Å²) in [4.78, 5) is 20.3. The molecule has 0 aliphatic heterocycles. The first kappa shape index (κ1) is 18.9. The Morgan fingerprint density at radius 2 is 2.04 bits per heavy atom. The van der Waals surface area contributed by atoms with Gasteiger partial charge in [-0.1, -0.05) is 17.7 Å². The first-order valence-electron chi connectivity index (χ1n) is 9.39. The first-order chi connectivity index (χ1) is 13.1. The van der Waals surface area contributed by atoms with Crippen molar-refractivity contribution in [3.8, 4) is 11.5 Å². The molecular formula is C20H27N5O2. The highest BCUT2D eigenvalue weighted by Gasteiger charge is 2.22. The third-order valence-corrected chi connectivity index (χ3v) is 4.33. The van der Waals surface area contributed by atoms with Gasteiger partial charge in [0.05, 0.1) is 12.2 Å². The van der Waals surface area contributed by atoms with E-state index in [1.165, 1.54) is 5.56 Å². The fourth-order valence-corrected chi connectivity index (χ4v) is 2.60. The second-order valence-electron chi connectivity index (χ2n) is 6.81. The number of aliphatic imine (C=N–C) groups is 1. The Hall–Kier alpha value is -2.83. The topological polar surface area (TPSA) is 91.5 Å². The van der Waals surface area contributed by atoms with Crippen LogP contribution in [0.4, 0.5) is 0 Å². The highest BCUT2D eigenvalue weighted by atomic mass is 16.3. The fraction of sp³-hybridized carbons (Fsp3) is 0.450. The minimum absolute atomic E-state index is 0.133. The Kier molecular flexibility index (Phi) is 6.46. The molecule has 0 spiro atoms. The lowest BCUT2D eigenvalue weighted by molar-refractivity contribution is -0.121. The molecule has 0 bridgehead atoms. The van der Waals surface area contributed by atoms with Crippen LogP contribution in [0.15, 0.2) is 39.9 Å². The van der Waals surface area contributed by atoms with Crippen molar-refractivity contribution >= 4 is 11.9 Å². The van der Waals surface area contributed by atoms with Crippen molar-refractivity contribution < 1.29 is 9.21 Å². The molecule has 1 aliphatic rings. The largest absolute Gasteiger partial charge is 0.444 e. The van der Waals surface area contributed by atoms with E-state index in [-0.39, 0.29) is 5.91 Å². The Bertz CT molecular complexity index is 778. The van der Waals surface area contributed by atoms with E-state index in [1.54, 1.807) is 13.3 Å². The number of aromatic nitrogens is 1. The Balaban J connectivity index is 1.38. The van der Waals surface area contributed by atoms with E-state index in [0.717, 1.165) is 30.5 Å². The van der Waals surface area contributed by atoms with E-state index in [1.807, 2.05) is 31.2 Å². The molecule has 7 nitrogen and oxygen atoms in total. The second-order valence-corrected chi connectivity index (χ2v) is 6.81. The summed E-state index contributed by atoms with van der Waals surface area (Å²) in [5.41, 5.74) is 2.96. The van der Waals surface area contributed by atoms with Gasteiger partial charge in [0.1, 0.15) is 6.26 Å². The monoisotopic (exact) mass is 369 g/mol. The molecule has 3 N–H and O–H groups in total. The van der Waals surface area contributed by atoms with Gasteiger partial charge >= 0.3 is 0 Å². The van der Waals surface area contributed by atoms with Gasteiger partial charge in [-0.3, -0.25) is 9.79 Å². The number of hydrogen-bond donors (Lipinski definition) is 3. The van der Waals surface area contributed by atoms with E-state index >= 15 is 0 Å². The summed E-state index contributed by atoms with van der Waals surface area (Å²) in [7, 11) is 1.72. The van der Waals surface area contributed by atoms with Crippen LogP contribution in [0.25, 0.3) is 11.5 Å². The number of rotatable bonds is 8. The molecule has 1 saturated carbocycles. The van der Waals surface area contributed by atoms with Gasteiger partial charge in [-0.2, -0.15) is 0 Å². The van der Waals surface area contributed by atoms with Gasteiger partial charge in [0, 0.05) is 31.6 Å². The first-order valence-corrected chi connectivity index (χ1v) is 9.39. The Morgan fingerprint density at radius 1 is 1.26 bits per heavy atom. The van der Waals surface area contributed by atoms with Gasteiger partial charge in [-0.25, -0.2) is 4.98 Å². The smallest absolute Gasteiger partial charge is 0.226 e. The molecule has 1 aromatic carbocycles. The Labute approximate surface area is 159 Å². The van der Waals surface area contributed by atoms with Crippen LogP contribution in [0, 0.1) is 6.92 Å². The van der Waals surface area contributed by atoms with Crippen LogP contribution in [-0.2, 0) is 11.3 Å². The van der Waals surface area contributed by atoms with Crippen molar-refractivity contribution in [3.05, 3.63) is 41.8 Å². The summed E-state index contributed by atoms with van der Waals surface area (Å²) in [6.07, 6.45) is 5.19. The number of aryl methyl sites for hydroxylation is 1. The number of hydrogen-bond acceptors (Lipinski definition) is 4. The van der Waals surface area contributed by atoms with Crippen molar-refractivity contribution in [1.82, 2.24) is 20.9 Å². The number of guanidine groups is 1. The van der Waals surface area contributed by atoms with Crippen LogP contribution in [0.1, 0.15) is 36.9 Å². The lowest BCUT2D eigenvalue weighted by atomic mass is 10.1. The number of amides is 1. The molecule has 2 aromatic rings. The molecule has 1 aliphatic carbocycles. The van der Waals surface area contributed by atoms with Gasteiger partial charge < -0.3 is 20.4 Å². The van der Waals surface area contributed by atoms with Crippen molar-refractivity contribution in [2.45, 2.75) is 45.2 Å². The molecule has 1 heterocycles. The van der Waals surface area contributed by atoms with Crippen LogP contribution in [-0.4, -0.2) is 36.5 Å². The third kappa shape index (κ3) is 6.13. The number of benzene rings is 1. The number of carbonyl (C=O) groups is 1. The molecule has 3 rings (SSSR count). The van der Waals surface area contributed by atoms with Gasteiger partial charge in [0.25, 0.3) is 0 Å². The van der Waals surface area contributed by atoms with Crippen LogP contribution in [0.5, 0.6) is 0 Å². The van der Waals surface area contributed by atoms with Crippen molar-refractivity contribution in [3.63, 3.8) is 0 Å². The van der Waals surface area contributed by atoms with E-state index in [9.17, 15) is 4.79 Å². The molecule has 0 radical (unpaired) electrons. The number of nitrogens with one attached hydrogen (secondary N) is 3. The molecule has 144 valence electrons. The SMILES string of the molecule is CN=C(NCCCC(=O)NC1CC1)NCc1coc(-c2ccc(C)cc2)n1. The van der Waals surface area contributed by atoms with Gasteiger partial charge in [0.15, 0.2) is 5.96 Å². The van der Waals surface area contributed by atoms with Crippen LogP contribution >= 0.6 is 0 Å². The van der Waals surface area contributed by atoms with Gasteiger partial charge in [-0.05, 0) is 38.3 Å². The summed E-state index contributed by atoms with van der Waals surface area (Å²) in [5.74, 6) is 1.42. The predicted molar refractivity (Wildman–Crippen MR) is 105 cm³/mol. The van der Waals surface area contributed by atoms with Crippen LogP contribution in [0.2, 0.25) is 0 Å². The summed E-state index contributed by atoms with van der Waals surface area (Å²) >= 11 is 0. The molecule has 0 unspecified atom stereocenters. The van der Waals surface area contributed by atoms with Gasteiger partial charge in [-0.15, -0.1) is 0 Å². The average molecular weight is 369 g/mol. The zero-order chi connectivity index (χ0) is 19.1. The zero-order valence-corrected chi connectivity index (χ0v) is 15.9. The van der Waals surface area contributed by atoms with Crippen LogP contribution in [0.3, 0.4) is 0 Å². The molecule has 7 heteroatoms. The highest BCUT2D eigenvalue weighted by molar-refractivity contribution is 5.80. The summed E-state index contributed by atoms with van der Waals surface area (Å²) in [6, 6.07) is 8.49. The minimum atomic E-state index is 0.133. The number of nitrogens with zero attached hydrogens (tertiary/aromatic N) is 2. The van der Waals surface area contributed by atoms with Crippen molar-refractivity contribution in [2.75, 3.05) is 13.6 Å². The molecular weight excluding hydrogens is 342 g/mol. The molecule has 0 atom stereocenters. The maximum atomic E-state index is 11.7. The Morgan fingerprint density at radius 3 is 2.74 bits per heavy atom. The molecule has 1 fully saturated rings. The average Bonchev–Trinajstić information content (AvgIpc) is 3.35. The predicted octanol–water partition coefficient (Wildman–Crippen LogP) is 2.37. The van der Waals surface area contributed by atoms with Crippen LogP contribution < -0.4 is 16.0 Å². The van der Waals surface area contributed by atoms with E-state index in [0.29, 0.717) is 37.4 Å².